The van der Waals surface area contributed by atoms with Gasteiger partial charge >= 0.3 is 5.97 Å². The molecule has 0 radical (unpaired) electrons. The van der Waals surface area contributed by atoms with Crippen LogP contribution in [0.4, 0.5) is 5.69 Å². The van der Waals surface area contributed by atoms with E-state index in [-0.39, 0.29) is 12.5 Å². The van der Waals surface area contributed by atoms with Crippen LogP contribution in [0.15, 0.2) is 42.5 Å². The van der Waals surface area contributed by atoms with Crippen LogP contribution in [0.1, 0.15) is 30.5 Å². The number of ether oxygens (including phenoxy) is 3. The molecule has 0 unspecified atom stereocenters. The van der Waals surface area contributed by atoms with Gasteiger partial charge in [0.2, 0.25) is 0 Å². The zero-order valence-corrected chi connectivity index (χ0v) is 17.3. The van der Waals surface area contributed by atoms with Crippen molar-refractivity contribution >= 4 is 23.6 Å². The molecule has 0 saturated heterocycles. The summed E-state index contributed by atoms with van der Waals surface area (Å²) in [5.41, 5.74) is 3.57. The van der Waals surface area contributed by atoms with Crippen LogP contribution in [0, 0.1) is 0 Å². The smallest absolute Gasteiger partial charge is 0.331 e. The molecule has 0 spiro atoms. The SMILES string of the molecule is CCc1cccc(CC)c1NC(=O)COC(=O)/C=C/c1cc(OC)ccc1OC. The van der Waals surface area contributed by atoms with Crippen molar-refractivity contribution in [3.05, 3.63) is 59.2 Å². The van der Waals surface area contributed by atoms with Crippen molar-refractivity contribution in [2.75, 3.05) is 26.1 Å². The Hall–Kier alpha value is -3.28. The van der Waals surface area contributed by atoms with Crippen LogP contribution in [0.5, 0.6) is 11.5 Å². The summed E-state index contributed by atoms with van der Waals surface area (Å²) in [5, 5.41) is 2.87. The quantitative estimate of drug-likeness (QED) is 0.511. The molecule has 29 heavy (non-hydrogen) atoms. The Morgan fingerprint density at radius 2 is 1.69 bits per heavy atom. The first-order valence-corrected chi connectivity index (χ1v) is 9.49. The Balaban J connectivity index is 1.98. The summed E-state index contributed by atoms with van der Waals surface area (Å²) in [6.45, 7) is 3.70. The number of nitrogens with one attached hydrogen (secondary N) is 1. The third-order valence-electron chi connectivity index (χ3n) is 4.44. The molecular formula is C23H27NO5. The fourth-order valence-corrected chi connectivity index (χ4v) is 2.89. The van der Waals surface area contributed by atoms with Gasteiger partial charge in [-0.1, -0.05) is 32.0 Å². The summed E-state index contributed by atoms with van der Waals surface area (Å²) in [6, 6.07) is 11.2. The van der Waals surface area contributed by atoms with E-state index in [2.05, 4.69) is 5.32 Å². The van der Waals surface area contributed by atoms with E-state index in [1.165, 1.54) is 6.08 Å². The average molecular weight is 397 g/mol. The third-order valence-corrected chi connectivity index (χ3v) is 4.44. The van der Waals surface area contributed by atoms with E-state index in [1.807, 2.05) is 32.0 Å². The topological polar surface area (TPSA) is 73.9 Å². The molecule has 1 amide bonds. The maximum absolute atomic E-state index is 12.3. The number of amides is 1. The molecule has 0 bridgehead atoms. The first-order chi connectivity index (χ1) is 14.0. The first-order valence-electron chi connectivity index (χ1n) is 9.49. The van der Waals surface area contributed by atoms with E-state index in [1.54, 1.807) is 38.5 Å². The summed E-state index contributed by atoms with van der Waals surface area (Å²) >= 11 is 0. The third kappa shape index (κ3) is 6.10. The highest BCUT2D eigenvalue weighted by Gasteiger charge is 2.11. The normalized spacial score (nSPS) is 10.6. The molecule has 2 rings (SSSR count). The van der Waals surface area contributed by atoms with Crippen LogP contribution in [0.25, 0.3) is 6.08 Å². The van der Waals surface area contributed by atoms with Crippen molar-refractivity contribution in [1.29, 1.82) is 0 Å². The van der Waals surface area contributed by atoms with Crippen LogP contribution in [0.2, 0.25) is 0 Å². The van der Waals surface area contributed by atoms with Gasteiger partial charge in [-0.05, 0) is 48.2 Å². The number of carbonyl (C=O) groups excluding carboxylic acids is 2. The van der Waals surface area contributed by atoms with E-state index < -0.39 is 5.97 Å². The second-order valence-electron chi connectivity index (χ2n) is 6.26. The Morgan fingerprint density at radius 1 is 1.00 bits per heavy atom. The minimum absolute atomic E-state index is 0.361. The van der Waals surface area contributed by atoms with Gasteiger partial charge in [0.1, 0.15) is 11.5 Å². The maximum Gasteiger partial charge on any atom is 0.331 e. The molecule has 0 fully saturated rings. The largest absolute Gasteiger partial charge is 0.497 e. The van der Waals surface area contributed by atoms with E-state index in [0.29, 0.717) is 17.1 Å². The number of para-hydroxylation sites is 1. The molecule has 6 nitrogen and oxygen atoms in total. The number of benzene rings is 2. The van der Waals surface area contributed by atoms with Gasteiger partial charge < -0.3 is 19.5 Å². The van der Waals surface area contributed by atoms with Crippen molar-refractivity contribution < 1.29 is 23.8 Å². The van der Waals surface area contributed by atoms with Gasteiger partial charge in [0.05, 0.1) is 14.2 Å². The van der Waals surface area contributed by atoms with Gasteiger partial charge in [0.25, 0.3) is 5.91 Å². The van der Waals surface area contributed by atoms with Gasteiger partial charge in [0, 0.05) is 17.3 Å². The Kier molecular flexibility index (Phi) is 8.27. The fraction of sp³-hybridized carbons (Fsp3) is 0.304. The van der Waals surface area contributed by atoms with Crippen LogP contribution < -0.4 is 14.8 Å². The Labute approximate surface area is 171 Å². The molecule has 2 aromatic carbocycles. The maximum atomic E-state index is 12.3. The van der Waals surface area contributed by atoms with Gasteiger partial charge in [0.15, 0.2) is 6.61 Å². The first kappa shape index (κ1) is 22.0. The fourth-order valence-electron chi connectivity index (χ4n) is 2.89. The van der Waals surface area contributed by atoms with E-state index >= 15 is 0 Å². The molecule has 0 saturated carbocycles. The van der Waals surface area contributed by atoms with Crippen LogP contribution >= 0.6 is 0 Å². The highest BCUT2D eigenvalue weighted by Crippen LogP contribution is 2.25. The number of hydrogen-bond donors (Lipinski definition) is 1. The molecule has 6 heteroatoms. The van der Waals surface area contributed by atoms with Gasteiger partial charge in [-0.15, -0.1) is 0 Å². The number of aryl methyl sites for hydroxylation is 2. The lowest BCUT2D eigenvalue weighted by Gasteiger charge is -2.14. The predicted octanol–water partition coefficient (Wildman–Crippen LogP) is 4.02. The van der Waals surface area contributed by atoms with Crippen molar-refractivity contribution in [1.82, 2.24) is 0 Å². The number of methoxy groups -OCH3 is 2. The van der Waals surface area contributed by atoms with Crippen LogP contribution in [0.3, 0.4) is 0 Å². The lowest BCUT2D eigenvalue weighted by molar-refractivity contribution is -0.142. The number of rotatable bonds is 9. The highest BCUT2D eigenvalue weighted by atomic mass is 16.5. The molecule has 154 valence electrons. The minimum Gasteiger partial charge on any atom is -0.497 e. The van der Waals surface area contributed by atoms with E-state index in [0.717, 1.165) is 29.7 Å². The summed E-state index contributed by atoms with van der Waals surface area (Å²) in [5.74, 6) is 0.237. The predicted molar refractivity (Wildman–Crippen MR) is 113 cm³/mol. The van der Waals surface area contributed by atoms with Gasteiger partial charge in [-0.25, -0.2) is 4.79 Å². The molecular weight excluding hydrogens is 370 g/mol. The van der Waals surface area contributed by atoms with Crippen molar-refractivity contribution in [3.63, 3.8) is 0 Å². The highest BCUT2D eigenvalue weighted by molar-refractivity contribution is 5.95. The molecule has 0 aliphatic heterocycles. The lowest BCUT2D eigenvalue weighted by atomic mass is 10.0. The standard InChI is InChI=1S/C23H27NO5/c1-5-16-8-7-9-17(6-2)23(16)24-21(25)15-29-22(26)13-10-18-14-19(27-3)11-12-20(18)28-4/h7-14H,5-6,15H2,1-4H3,(H,24,25)/b13-10+. The zero-order chi connectivity index (χ0) is 21.2. The van der Waals surface area contributed by atoms with Crippen molar-refractivity contribution in [2.45, 2.75) is 26.7 Å². The zero-order valence-electron chi connectivity index (χ0n) is 17.3. The molecule has 0 aliphatic rings. The molecule has 1 N–H and O–H groups in total. The number of carbonyl (C=O) groups is 2. The molecule has 0 aromatic heterocycles. The summed E-state index contributed by atoms with van der Waals surface area (Å²) in [7, 11) is 3.10. The minimum atomic E-state index is -0.621. The van der Waals surface area contributed by atoms with E-state index in [4.69, 9.17) is 14.2 Å². The molecule has 0 atom stereocenters. The van der Waals surface area contributed by atoms with Crippen molar-refractivity contribution in [2.24, 2.45) is 0 Å². The number of hydrogen-bond acceptors (Lipinski definition) is 5. The van der Waals surface area contributed by atoms with E-state index in [9.17, 15) is 9.59 Å². The van der Waals surface area contributed by atoms with Gasteiger partial charge in [-0.3, -0.25) is 4.79 Å². The Morgan fingerprint density at radius 3 is 2.28 bits per heavy atom. The molecule has 0 heterocycles. The summed E-state index contributed by atoms with van der Waals surface area (Å²) < 4.78 is 15.5. The van der Waals surface area contributed by atoms with Gasteiger partial charge in [-0.2, -0.15) is 0 Å². The second-order valence-corrected chi connectivity index (χ2v) is 6.26. The summed E-state index contributed by atoms with van der Waals surface area (Å²) in [4.78, 5) is 24.3. The lowest BCUT2D eigenvalue weighted by Crippen LogP contribution is -2.21. The Bertz CT molecular complexity index is 867. The second kappa shape index (κ2) is 10.9. The average Bonchev–Trinajstić information content (AvgIpc) is 2.75. The molecule has 2 aromatic rings. The van der Waals surface area contributed by atoms with Crippen molar-refractivity contribution in [3.8, 4) is 11.5 Å². The van der Waals surface area contributed by atoms with Crippen LogP contribution in [-0.4, -0.2) is 32.7 Å². The van der Waals surface area contributed by atoms with Crippen LogP contribution in [-0.2, 0) is 27.2 Å². The number of anilines is 1. The summed E-state index contributed by atoms with van der Waals surface area (Å²) in [6.07, 6.45) is 4.41. The molecule has 0 aliphatic carbocycles. The number of esters is 1. The monoisotopic (exact) mass is 397 g/mol.